The van der Waals surface area contributed by atoms with E-state index < -0.39 is 9.85 Å². The Hall–Kier alpha value is -3.48. The number of ether oxygens (including phenoxy) is 1. The van der Waals surface area contributed by atoms with Crippen LogP contribution in [0.4, 0.5) is 11.4 Å². The Bertz CT molecular complexity index is 827. The van der Waals surface area contributed by atoms with E-state index >= 15 is 0 Å². The van der Waals surface area contributed by atoms with Crippen molar-refractivity contribution >= 4 is 23.5 Å². The number of hydrogen-bond donors (Lipinski definition) is 0. The van der Waals surface area contributed by atoms with Gasteiger partial charge in [-0.15, -0.1) is 0 Å². The molecule has 2 rings (SSSR count). The molecule has 7 heteroatoms. The summed E-state index contributed by atoms with van der Waals surface area (Å²) < 4.78 is 5.06. The number of hydrogen-bond acceptors (Lipinski definition) is 5. The number of nitro groups is 2. The minimum Gasteiger partial charge on any atom is -0.497 e. The van der Waals surface area contributed by atoms with Gasteiger partial charge in [0, 0.05) is 12.1 Å². The largest absolute Gasteiger partial charge is 0.497 e. The first-order valence-corrected chi connectivity index (χ1v) is 6.93. The zero-order chi connectivity index (χ0) is 17.5. The Balaban J connectivity index is 2.26. The molecule has 24 heavy (non-hydrogen) atoms. The maximum atomic E-state index is 11.0. The molecule has 7 nitrogen and oxygen atoms in total. The van der Waals surface area contributed by atoms with E-state index in [-0.39, 0.29) is 11.4 Å². The molecule has 0 amide bonds. The highest BCUT2D eigenvalue weighted by atomic mass is 16.6. The number of benzene rings is 2. The van der Waals surface area contributed by atoms with Gasteiger partial charge in [-0.2, -0.15) is 0 Å². The Morgan fingerprint density at radius 3 is 2.08 bits per heavy atom. The van der Waals surface area contributed by atoms with Crippen molar-refractivity contribution < 1.29 is 14.6 Å². The second kappa shape index (κ2) is 7.68. The van der Waals surface area contributed by atoms with Gasteiger partial charge in [-0.3, -0.25) is 20.2 Å². The number of methoxy groups -OCH3 is 1. The zero-order valence-corrected chi connectivity index (χ0v) is 12.8. The van der Waals surface area contributed by atoms with Crippen molar-refractivity contribution in [3.8, 4) is 5.75 Å². The molecule has 0 aromatic heterocycles. The van der Waals surface area contributed by atoms with E-state index in [0.717, 1.165) is 0 Å². The zero-order valence-electron chi connectivity index (χ0n) is 12.8. The first kappa shape index (κ1) is 16.9. The smallest absolute Gasteiger partial charge is 0.276 e. The molecule has 0 aliphatic heterocycles. The van der Waals surface area contributed by atoms with Crippen LogP contribution in [-0.2, 0) is 0 Å². The summed E-state index contributed by atoms with van der Waals surface area (Å²) in [5.74, 6) is 0.503. The number of rotatable bonds is 6. The Labute approximate surface area is 137 Å². The number of para-hydroxylation sites is 1. The molecule has 0 heterocycles. The second-order valence-electron chi connectivity index (χ2n) is 4.72. The van der Waals surface area contributed by atoms with Gasteiger partial charge >= 0.3 is 0 Å². The molecular formula is C17H14N2O5. The van der Waals surface area contributed by atoms with E-state index in [1.807, 2.05) is 0 Å². The molecule has 0 unspecified atom stereocenters. The van der Waals surface area contributed by atoms with Crippen molar-refractivity contribution in [2.24, 2.45) is 0 Å². The standard InChI is InChI=1S/C17H14N2O5/c1-24-15-10-11-17(19(22)23)14(12-15)8-3-2-6-13-7-4-5-9-16(13)18(20)21/h2-12H,1H3. The summed E-state index contributed by atoms with van der Waals surface area (Å²) in [6, 6.07) is 10.7. The Kier molecular flexibility index (Phi) is 5.40. The number of nitrogens with zero attached hydrogens (tertiary/aromatic N) is 2. The molecule has 0 bridgehead atoms. The molecule has 0 atom stereocenters. The molecule has 0 spiro atoms. The lowest BCUT2D eigenvalue weighted by Crippen LogP contribution is -1.92. The van der Waals surface area contributed by atoms with Crippen LogP contribution in [0.1, 0.15) is 11.1 Å². The van der Waals surface area contributed by atoms with Crippen LogP contribution in [-0.4, -0.2) is 17.0 Å². The Morgan fingerprint density at radius 1 is 0.875 bits per heavy atom. The molecule has 0 radical (unpaired) electrons. The fourth-order valence-electron chi connectivity index (χ4n) is 2.07. The number of nitro benzene ring substituents is 2. The summed E-state index contributed by atoms with van der Waals surface area (Å²) >= 11 is 0. The van der Waals surface area contributed by atoms with E-state index in [4.69, 9.17) is 4.74 Å². The van der Waals surface area contributed by atoms with Crippen LogP contribution in [0.15, 0.2) is 54.6 Å². The molecule has 2 aromatic carbocycles. The lowest BCUT2D eigenvalue weighted by atomic mass is 10.1. The molecule has 0 saturated heterocycles. The van der Waals surface area contributed by atoms with Crippen molar-refractivity contribution in [3.05, 3.63) is 86.0 Å². The van der Waals surface area contributed by atoms with Crippen LogP contribution in [0.3, 0.4) is 0 Å². The average Bonchev–Trinajstić information content (AvgIpc) is 2.58. The van der Waals surface area contributed by atoms with Gasteiger partial charge in [-0.1, -0.05) is 24.3 Å². The highest BCUT2D eigenvalue weighted by Crippen LogP contribution is 2.25. The summed E-state index contributed by atoms with van der Waals surface area (Å²) in [7, 11) is 1.48. The average molecular weight is 326 g/mol. The fourth-order valence-corrected chi connectivity index (χ4v) is 2.07. The molecule has 0 aliphatic carbocycles. The maximum Gasteiger partial charge on any atom is 0.276 e. The lowest BCUT2D eigenvalue weighted by Gasteiger charge is -2.01. The molecule has 0 N–H and O–H groups in total. The molecule has 2 aromatic rings. The van der Waals surface area contributed by atoms with Crippen LogP contribution >= 0.6 is 0 Å². The van der Waals surface area contributed by atoms with Crippen LogP contribution in [0.5, 0.6) is 5.75 Å². The number of allylic oxidation sites excluding steroid dienone is 2. The van der Waals surface area contributed by atoms with E-state index in [1.54, 1.807) is 48.6 Å². The normalized spacial score (nSPS) is 11.0. The van der Waals surface area contributed by atoms with Gasteiger partial charge in [0.2, 0.25) is 0 Å². The quantitative estimate of drug-likeness (QED) is 0.449. The summed E-state index contributed by atoms with van der Waals surface area (Å²) in [4.78, 5) is 21.0. The van der Waals surface area contributed by atoms with Gasteiger partial charge in [-0.05, 0) is 30.4 Å². The van der Waals surface area contributed by atoms with Gasteiger partial charge in [0.05, 0.1) is 28.1 Å². The molecule has 0 fully saturated rings. The van der Waals surface area contributed by atoms with E-state index in [9.17, 15) is 20.2 Å². The maximum absolute atomic E-state index is 11.0. The monoisotopic (exact) mass is 326 g/mol. The predicted octanol–water partition coefficient (Wildman–Crippen LogP) is 4.24. The third-order valence-corrected chi connectivity index (χ3v) is 3.23. The summed E-state index contributed by atoms with van der Waals surface area (Å²) in [6.07, 6.45) is 6.29. The van der Waals surface area contributed by atoms with Crippen molar-refractivity contribution in [2.75, 3.05) is 7.11 Å². The van der Waals surface area contributed by atoms with Crippen molar-refractivity contribution in [3.63, 3.8) is 0 Å². The molecular weight excluding hydrogens is 312 g/mol. The second-order valence-corrected chi connectivity index (χ2v) is 4.72. The summed E-state index contributed by atoms with van der Waals surface area (Å²) in [5, 5.41) is 22.0. The van der Waals surface area contributed by atoms with E-state index in [0.29, 0.717) is 16.9 Å². The van der Waals surface area contributed by atoms with Gasteiger partial charge in [0.1, 0.15) is 5.75 Å². The van der Waals surface area contributed by atoms with E-state index in [2.05, 4.69) is 0 Å². The minimum absolute atomic E-state index is 0.00508. The highest BCUT2D eigenvalue weighted by Gasteiger charge is 2.12. The lowest BCUT2D eigenvalue weighted by molar-refractivity contribution is -0.385. The molecule has 0 aliphatic rings. The fraction of sp³-hybridized carbons (Fsp3) is 0.0588. The predicted molar refractivity (Wildman–Crippen MR) is 90.8 cm³/mol. The van der Waals surface area contributed by atoms with Crippen LogP contribution in [0.2, 0.25) is 0 Å². The van der Waals surface area contributed by atoms with Crippen molar-refractivity contribution in [1.29, 1.82) is 0 Å². The van der Waals surface area contributed by atoms with Gasteiger partial charge in [0.15, 0.2) is 0 Å². The van der Waals surface area contributed by atoms with Crippen molar-refractivity contribution in [1.82, 2.24) is 0 Å². The van der Waals surface area contributed by atoms with Gasteiger partial charge < -0.3 is 4.74 Å². The summed E-state index contributed by atoms with van der Waals surface area (Å²) in [5.41, 5.74) is 0.777. The Morgan fingerprint density at radius 2 is 1.46 bits per heavy atom. The van der Waals surface area contributed by atoms with Crippen molar-refractivity contribution in [2.45, 2.75) is 0 Å². The topological polar surface area (TPSA) is 95.5 Å². The molecule has 0 saturated carbocycles. The van der Waals surface area contributed by atoms with Crippen LogP contribution in [0, 0.1) is 20.2 Å². The highest BCUT2D eigenvalue weighted by molar-refractivity contribution is 5.67. The first-order chi connectivity index (χ1) is 11.5. The molecule has 122 valence electrons. The van der Waals surface area contributed by atoms with Crippen LogP contribution < -0.4 is 4.74 Å². The summed E-state index contributed by atoms with van der Waals surface area (Å²) in [6.45, 7) is 0. The third kappa shape index (κ3) is 4.04. The first-order valence-electron chi connectivity index (χ1n) is 6.93. The van der Waals surface area contributed by atoms with Gasteiger partial charge in [0.25, 0.3) is 11.4 Å². The third-order valence-electron chi connectivity index (χ3n) is 3.23. The van der Waals surface area contributed by atoms with Crippen LogP contribution in [0.25, 0.3) is 12.2 Å². The SMILES string of the molecule is COc1ccc([N+](=O)[O-])c(C=CC=Cc2ccccc2[N+](=O)[O-])c1. The van der Waals surface area contributed by atoms with E-state index in [1.165, 1.54) is 25.3 Å². The van der Waals surface area contributed by atoms with Gasteiger partial charge in [-0.25, -0.2) is 0 Å². The minimum atomic E-state index is -0.481.